The van der Waals surface area contributed by atoms with Gasteiger partial charge in [0.2, 0.25) is 0 Å². The first-order valence-electron chi connectivity index (χ1n) is 8.44. The van der Waals surface area contributed by atoms with E-state index in [1.807, 2.05) is 4.90 Å². The quantitative estimate of drug-likeness (QED) is 0.861. The molecule has 0 amide bonds. The van der Waals surface area contributed by atoms with Gasteiger partial charge >= 0.3 is 0 Å². The second-order valence-corrected chi connectivity index (χ2v) is 6.56. The fourth-order valence-electron chi connectivity index (χ4n) is 3.14. The Hall–Kier alpha value is -2.31. The Balaban J connectivity index is 1.53. The monoisotopic (exact) mass is 328 g/mol. The summed E-state index contributed by atoms with van der Waals surface area (Å²) in [6.07, 6.45) is 5.00. The zero-order valence-corrected chi connectivity index (χ0v) is 14.0. The molecule has 0 radical (unpaired) electrons. The van der Waals surface area contributed by atoms with Crippen LogP contribution in [-0.4, -0.2) is 46.1 Å². The largest absolute Gasteiger partial charge is 0.353 e. The predicted molar refractivity (Wildman–Crippen MR) is 89.9 cm³/mol. The summed E-state index contributed by atoms with van der Waals surface area (Å²) < 4.78 is 13.9. The van der Waals surface area contributed by atoms with Gasteiger partial charge in [0, 0.05) is 43.4 Å². The molecule has 4 rings (SSSR count). The smallest absolute Gasteiger partial charge is 0.183 e. The van der Waals surface area contributed by atoms with E-state index in [-0.39, 0.29) is 5.82 Å². The number of aromatic nitrogens is 4. The van der Waals surface area contributed by atoms with Crippen LogP contribution in [0.15, 0.2) is 12.5 Å². The van der Waals surface area contributed by atoms with Crippen LogP contribution in [0, 0.1) is 19.7 Å². The van der Waals surface area contributed by atoms with Gasteiger partial charge in [-0.3, -0.25) is 0 Å². The van der Waals surface area contributed by atoms with E-state index in [0.29, 0.717) is 11.7 Å². The molecule has 2 fully saturated rings. The predicted octanol–water partition coefficient (Wildman–Crippen LogP) is 2.23. The minimum Gasteiger partial charge on any atom is -0.353 e. The van der Waals surface area contributed by atoms with Crippen LogP contribution in [-0.2, 0) is 0 Å². The molecule has 1 aliphatic heterocycles. The molecular weight excluding hydrogens is 307 g/mol. The minimum atomic E-state index is -0.365. The fraction of sp³-hybridized carbons (Fsp3) is 0.529. The maximum atomic E-state index is 13.9. The Labute approximate surface area is 140 Å². The maximum absolute atomic E-state index is 13.9. The van der Waals surface area contributed by atoms with E-state index in [4.69, 9.17) is 4.98 Å². The van der Waals surface area contributed by atoms with Crippen LogP contribution in [0.1, 0.15) is 35.8 Å². The number of halogens is 1. The highest BCUT2D eigenvalue weighted by atomic mass is 19.1. The van der Waals surface area contributed by atoms with E-state index in [2.05, 4.69) is 33.7 Å². The molecule has 24 heavy (non-hydrogen) atoms. The molecule has 0 spiro atoms. The molecule has 0 unspecified atom stereocenters. The standard InChI is InChI=1S/C17H21FN6/c1-11-12(2)21-15(13-3-4-13)22-16(11)23-5-7-24(8-6-23)17-14(18)9-19-10-20-17/h9-10,13H,3-8H2,1-2H3. The number of hydrogen-bond acceptors (Lipinski definition) is 6. The second-order valence-electron chi connectivity index (χ2n) is 6.56. The number of rotatable bonds is 3. The van der Waals surface area contributed by atoms with Crippen LogP contribution in [0.2, 0.25) is 0 Å². The zero-order valence-electron chi connectivity index (χ0n) is 14.0. The van der Waals surface area contributed by atoms with Gasteiger partial charge in [-0.05, 0) is 26.7 Å². The highest BCUT2D eigenvalue weighted by Crippen LogP contribution is 2.39. The summed E-state index contributed by atoms with van der Waals surface area (Å²) in [5.74, 6) is 2.58. The lowest BCUT2D eigenvalue weighted by molar-refractivity contribution is 0.580. The molecule has 2 aliphatic rings. The number of piperazine rings is 1. The summed E-state index contributed by atoms with van der Waals surface area (Å²) >= 11 is 0. The van der Waals surface area contributed by atoms with Gasteiger partial charge in [-0.25, -0.2) is 24.3 Å². The van der Waals surface area contributed by atoms with E-state index < -0.39 is 0 Å². The molecule has 0 bridgehead atoms. The third-order valence-electron chi connectivity index (χ3n) is 4.85. The third-order valence-corrected chi connectivity index (χ3v) is 4.85. The molecule has 2 aromatic heterocycles. The van der Waals surface area contributed by atoms with E-state index in [0.717, 1.165) is 49.1 Å². The van der Waals surface area contributed by atoms with Crippen LogP contribution in [0.4, 0.5) is 16.0 Å². The molecule has 2 aromatic rings. The van der Waals surface area contributed by atoms with Crippen molar-refractivity contribution in [2.45, 2.75) is 32.6 Å². The first-order valence-corrected chi connectivity index (χ1v) is 8.44. The highest BCUT2D eigenvalue weighted by molar-refractivity contribution is 5.51. The molecule has 1 saturated heterocycles. The summed E-state index contributed by atoms with van der Waals surface area (Å²) in [6.45, 7) is 7.16. The Morgan fingerprint density at radius 1 is 1.00 bits per heavy atom. The number of aryl methyl sites for hydroxylation is 1. The molecular formula is C17H21FN6. The lowest BCUT2D eigenvalue weighted by Crippen LogP contribution is -2.47. The molecule has 0 N–H and O–H groups in total. The third kappa shape index (κ3) is 2.79. The van der Waals surface area contributed by atoms with Gasteiger partial charge in [0.15, 0.2) is 11.6 Å². The van der Waals surface area contributed by atoms with E-state index in [1.165, 1.54) is 25.4 Å². The normalized spacial score (nSPS) is 18.1. The average molecular weight is 328 g/mol. The van der Waals surface area contributed by atoms with Gasteiger partial charge < -0.3 is 9.80 Å². The SMILES string of the molecule is Cc1nc(C2CC2)nc(N2CCN(c3ncncc3F)CC2)c1C. The molecule has 1 aliphatic carbocycles. The Morgan fingerprint density at radius 3 is 2.29 bits per heavy atom. The van der Waals surface area contributed by atoms with Crippen molar-refractivity contribution >= 4 is 11.6 Å². The lowest BCUT2D eigenvalue weighted by Gasteiger charge is -2.36. The van der Waals surface area contributed by atoms with Gasteiger partial charge in [-0.1, -0.05) is 0 Å². The first-order chi connectivity index (χ1) is 11.6. The van der Waals surface area contributed by atoms with Crippen molar-refractivity contribution in [2.75, 3.05) is 36.0 Å². The number of nitrogens with zero attached hydrogens (tertiary/aromatic N) is 6. The van der Waals surface area contributed by atoms with Crippen molar-refractivity contribution in [3.8, 4) is 0 Å². The molecule has 0 aromatic carbocycles. The van der Waals surface area contributed by atoms with Crippen molar-refractivity contribution in [3.05, 3.63) is 35.4 Å². The average Bonchev–Trinajstić information content (AvgIpc) is 3.43. The van der Waals surface area contributed by atoms with Crippen LogP contribution in [0.25, 0.3) is 0 Å². The lowest BCUT2D eigenvalue weighted by atomic mass is 10.2. The van der Waals surface area contributed by atoms with Crippen LogP contribution in [0.3, 0.4) is 0 Å². The van der Waals surface area contributed by atoms with Gasteiger partial charge in [0.05, 0.1) is 6.20 Å². The number of hydrogen-bond donors (Lipinski definition) is 0. The molecule has 1 saturated carbocycles. The molecule has 3 heterocycles. The maximum Gasteiger partial charge on any atom is 0.183 e. The summed E-state index contributed by atoms with van der Waals surface area (Å²) in [4.78, 5) is 21.5. The van der Waals surface area contributed by atoms with Crippen molar-refractivity contribution < 1.29 is 4.39 Å². The van der Waals surface area contributed by atoms with Crippen LogP contribution in [0.5, 0.6) is 0 Å². The first kappa shape index (κ1) is 15.2. The van der Waals surface area contributed by atoms with Gasteiger partial charge in [0.25, 0.3) is 0 Å². The summed E-state index contributed by atoms with van der Waals surface area (Å²) in [6, 6.07) is 0. The van der Waals surface area contributed by atoms with Gasteiger partial charge in [-0.15, -0.1) is 0 Å². The Kier molecular flexibility index (Phi) is 3.78. The second kappa shape index (κ2) is 5.96. The van der Waals surface area contributed by atoms with Gasteiger partial charge in [-0.2, -0.15) is 0 Å². The topological polar surface area (TPSA) is 58.0 Å². The summed E-state index contributed by atoms with van der Waals surface area (Å²) in [5, 5.41) is 0. The van der Waals surface area contributed by atoms with Crippen molar-refractivity contribution in [1.29, 1.82) is 0 Å². The van der Waals surface area contributed by atoms with E-state index >= 15 is 0 Å². The van der Waals surface area contributed by atoms with E-state index in [1.54, 1.807) is 0 Å². The van der Waals surface area contributed by atoms with Crippen molar-refractivity contribution in [3.63, 3.8) is 0 Å². The highest BCUT2D eigenvalue weighted by Gasteiger charge is 2.29. The number of anilines is 2. The van der Waals surface area contributed by atoms with Crippen molar-refractivity contribution in [1.82, 2.24) is 19.9 Å². The van der Waals surface area contributed by atoms with Crippen LogP contribution < -0.4 is 9.80 Å². The summed E-state index contributed by atoms with van der Waals surface area (Å²) in [5.41, 5.74) is 2.20. The Bertz CT molecular complexity index is 753. The van der Waals surface area contributed by atoms with Crippen molar-refractivity contribution in [2.24, 2.45) is 0 Å². The van der Waals surface area contributed by atoms with Gasteiger partial charge in [0.1, 0.15) is 18.0 Å². The van der Waals surface area contributed by atoms with Crippen LogP contribution >= 0.6 is 0 Å². The Morgan fingerprint density at radius 2 is 1.67 bits per heavy atom. The molecule has 0 atom stereocenters. The molecule has 7 heteroatoms. The fourth-order valence-corrected chi connectivity index (χ4v) is 3.14. The molecule has 126 valence electrons. The summed E-state index contributed by atoms with van der Waals surface area (Å²) in [7, 11) is 0. The van der Waals surface area contributed by atoms with E-state index in [9.17, 15) is 4.39 Å². The minimum absolute atomic E-state index is 0.365. The molecule has 6 nitrogen and oxygen atoms in total. The zero-order chi connectivity index (χ0) is 16.7.